The van der Waals surface area contributed by atoms with Crippen LogP contribution >= 0.6 is 11.3 Å². The molecule has 0 bridgehead atoms. The summed E-state index contributed by atoms with van der Waals surface area (Å²) in [5.74, 6) is 0.390. The van der Waals surface area contributed by atoms with E-state index in [2.05, 4.69) is 25.3 Å². The fraction of sp³-hybridized carbons (Fsp3) is 0.400. The predicted molar refractivity (Wildman–Crippen MR) is 67.1 cm³/mol. The lowest BCUT2D eigenvalue weighted by atomic mass is 10.4. The van der Waals surface area contributed by atoms with Crippen molar-refractivity contribution in [3.05, 3.63) is 16.6 Å². The Labute approximate surface area is 108 Å². The third kappa shape index (κ3) is 2.83. The SMILES string of the molecule is COc1nc(NC(C)c2nccs2)nc(OC)n1. The van der Waals surface area contributed by atoms with Crippen LogP contribution in [-0.2, 0) is 0 Å². The van der Waals surface area contributed by atoms with Crippen molar-refractivity contribution in [2.75, 3.05) is 19.5 Å². The van der Waals surface area contributed by atoms with Crippen molar-refractivity contribution in [1.29, 1.82) is 0 Å². The lowest BCUT2D eigenvalue weighted by Crippen LogP contribution is -2.11. The maximum Gasteiger partial charge on any atom is 0.324 e. The van der Waals surface area contributed by atoms with Crippen LogP contribution in [0.2, 0.25) is 0 Å². The molecule has 0 aliphatic heterocycles. The molecular weight excluding hydrogens is 254 g/mol. The summed E-state index contributed by atoms with van der Waals surface area (Å²) in [5.41, 5.74) is 0. The van der Waals surface area contributed by atoms with Crippen LogP contribution in [0.3, 0.4) is 0 Å². The third-order valence-electron chi connectivity index (χ3n) is 2.13. The predicted octanol–water partition coefficient (Wildman–Crippen LogP) is 1.52. The minimum Gasteiger partial charge on any atom is -0.467 e. The standard InChI is InChI=1S/C10H13N5O2S/c1-6(7-11-4-5-18-7)12-8-13-9(16-2)15-10(14-8)17-3/h4-6H,1-3H3,(H,12,13,14,15). The third-order valence-corrected chi connectivity index (χ3v) is 3.09. The Kier molecular flexibility index (Phi) is 3.88. The number of aromatic nitrogens is 4. The monoisotopic (exact) mass is 267 g/mol. The maximum atomic E-state index is 4.97. The molecule has 8 heteroatoms. The van der Waals surface area contributed by atoms with Gasteiger partial charge >= 0.3 is 12.0 Å². The van der Waals surface area contributed by atoms with Crippen molar-refractivity contribution in [2.24, 2.45) is 0 Å². The Bertz CT molecular complexity index is 483. The van der Waals surface area contributed by atoms with Crippen LogP contribution < -0.4 is 14.8 Å². The number of rotatable bonds is 5. The second-order valence-corrected chi connectivity index (χ2v) is 4.29. The number of anilines is 1. The molecule has 96 valence electrons. The van der Waals surface area contributed by atoms with Crippen molar-refractivity contribution in [3.63, 3.8) is 0 Å². The van der Waals surface area contributed by atoms with Gasteiger partial charge in [-0.3, -0.25) is 0 Å². The van der Waals surface area contributed by atoms with Crippen LogP contribution in [0.1, 0.15) is 18.0 Å². The summed E-state index contributed by atoms with van der Waals surface area (Å²) in [6.45, 7) is 1.97. The summed E-state index contributed by atoms with van der Waals surface area (Å²) < 4.78 is 9.95. The van der Waals surface area contributed by atoms with Crippen LogP contribution in [0.4, 0.5) is 5.95 Å². The van der Waals surface area contributed by atoms with E-state index < -0.39 is 0 Å². The van der Waals surface area contributed by atoms with Crippen molar-refractivity contribution in [3.8, 4) is 12.0 Å². The zero-order valence-electron chi connectivity index (χ0n) is 10.2. The van der Waals surface area contributed by atoms with Gasteiger partial charge in [-0.05, 0) is 6.92 Å². The van der Waals surface area contributed by atoms with E-state index >= 15 is 0 Å². The highest BCUT2D eigenvalue weighted by Crippen LogP contribution is 2.20. The fourth-order valence-corrected chi connectivity index (χ4v) is 1.93. The number of methoxy groups -OCH3 is 2. The first-order valence-corrected chi connectivity index (χ1v) is 6.11. The van der Waals surface area contributed by atoms with E-state index in [9.17, 15) is 0 Å². The van der Waals surface area contributed by atoms with Crippen molar-refractivity contribution in [2.45, 2.75) is 13.0 Å². The molecule has 2 heterocycles. The molecule has 2 aromatic heterocycles. The largest absolute Gasteiger partial charge is 0.467 e. The van der Waals surface area contributed by atoms with E-state index in [-0.39, 0.29) is 18.1 Å². The van der Waals surface area contributed by atoms with Crippen LogP contribution in [0.15, 0.2) is 11.6 Å². The number of thiazole rings is 1. The molecule has 18 heavy (non-hydrogen) atoms. The van der Waals surface area contributed by atoms with Gasteiger partial charge in [0.1, 0.15) is 5.01 Å². The molecule has 0 spiro atoms. The topological polar surface area (TPSA) is 82.0 Å². The number of ether oxygens (including phenoxy) is 2. The lowest BCUT2D eigenvalue weighted by Gasteiger charge is -2.11. The highest BCUT2D eigenvalue weighted by molar-refractivity contribution is 7.09. The van der Waals surface area contributed by atoms with Crippen LogP contribution in [-0.4, -0.2) is 34.2 Å². The second-order valence-electron chi connectivity index (χ2n) is 3.37. The quantitative estimate of drug-likeness (QED) is 0.879. The Morgan fingerprint density at radius 3 is 2.33 bits per heavy atom. The van der Waals surface area contributed by atoms with Crippen molar-refractivity contribution >= 4 is 17.3 Å². The summed E-state index contributed by atoms with van der Waals surface area (Å²) in [6.07, 6.45) is 1.76. The Morgan fingerprint density at radius 1 is 1.17 bits per heavy atom. The molecule has 0 amide bonds. The van der Waals surface area contributed by atoms with E-state index in [1.807, 2.05) is 12.3 Å². The summed E-state index contributed by atoms with van der Waals surface area (Å²) in [7, 11) is 2.98. The Balaban J connectivity index is 2.17. The average molecular weight is 267 g/mol. The zero-order chi connectivity index (χ0) is 13.0. The normalized spacial score (nSPS) is 11.9. The molecule has 2 aromatic rings. The molecule has 1 unspecified atom stereocenters. The van der Waals surface area contributed by atoms with Gasteiger partial charge in [-0.2, -0.15) is 9.97 Å². The molecule has 2 rings (SSSR count). The molecule has 1 N–H and O–H groups in total. The first kappa shape index (κ1) is 12.5. The molecular formula is C10H13N5O2S. The lowest BCUT2D eigenvalue weighted by molar-refractivity contribution is 0.341. The van der Waals surface area contributed by atoms with Gasteiger partial charge in [0.2, 0.25) is 5.95 Å². The van der Waals surface area contributed by atoms with Gasteiger partial charge in [-0.1, -0.05) is 0 Å². The minimum atomic E-state index is 0.00168. The van der Waals surface area contributed by atoms with Crippen molar-refractivity contribution in [1.82, 2.24) is 19.9 Å². The van der Waals surface area contributed by atoms with Crippen molar-refractivity contribution < 1.29 is 9.47 Å². The summed E-state index contributed by atoms with van der Waals surface area (Å²) in [5, 5.41) is 5.99. The molecule has 0 aliphatic rings. The van der Waals surface area contributed by atoms with E-state index in [0.717, 1.165) is 5.01 Å². The summed E-state index contributed by atoms with van der Waals surface area (Å²) in [4.78, 5) is 16.3. The molecule has 0 saturated heterocycles. The zero-order valence-corrected chi connectivity index (χ0v) is 11.1. The highest BCUT2D eigenvalue weighted by Gasteiger charge is 2.12. The minimum absolute atomic E-state index is 0.00168. The molecule has 7 nitrogen and oxygen atoms in total. The summed E-state index contributed by atoms with van der Waals surface area (Å²) in [6, 6.07) is 0.410. The molecule has 0 aliphatic carbocycles. The molecule has 0 aromatic carbocycles. The highest BCUT2D eigenvalue weighted by atomic mass is 32.1. The van der Waals surface area contributed by atoms with Gasteiger partial charge in [0.15, 0.2) is 0 Å². The number of hydrogen-bond donors (Lipinski definition) is 1. The first-order valence-electron chi connectivity index (χ1n) is 5.23. The van der Waals surface area contributed by atoms with E-state index in [4.69, 9.17) is 9.47 Å². The van der Waals surface area contributed by atoms with E-state index in [1.165, 1.54) is 14.2 Å². The van der Waals surface area contributed by atoms with Gasteiger partial charge in [0, 0.05) is 11.6 Å². The van der Waals surface area contributed by atoms with Crippen LogP contribution in [0.5, 0.6) is 12.0 Å². The van der Waals surface area contributed by atoms with Gasteiger partial charge in [-0.15, -0.1) is 16.3 Å². The Morgan fingerprint density at radius 2 is 1.83 bits per heavy atom. The smallest absolute Gasteiger partial charge is 0.324 e. The van der Waals surface area contributed by atoms with Gasteiger partial charge < -0.3 is 14.8 Å². The number of hydrogen-bond acceptors (Lipinski definition) is 8. The van der Waals surface area contributed by atoms with Gasteiger partial charge in [-0.25, -0.2) is 4.98 Å². The van der Waals surface area contributed by atoms with Crippen LogP contribution in [0.25, 0.3) is 0 Å². The first-order chi connectivity index (χ1) is 8.72. The molecule has 0 radical (unpaired) electrons. The Hall–Kier alpha value is -1.96. The molecule has 0 fully saturated rings. The van der Waals surface area contributed by atoms with E-state index in [1.54, 1.807) is 17.5 Å². The van der Waals surface area contributed by atoms with E-state index in [0.29, 0.717) is 5.95 Å². The number of nitrogens with zero attached hydrogens (tertiary/aromatic N) is 4. The maximum absolute atomic E-state index is 4.97. The van der Waals surface area contributed by atoms with Gasteiger partial charge in [0.05, 0.1) is 20.3 Å². The average Bonchev–Trinajstić information content (AvgIpc) is 2.92. The fourth-order valence-electron chi connectivity index (χ4n) is 1.29. The van der Waals surface area contributed by atoms with Gasteiger partial charge in [0.25, 0.3) is 0 Å². The molecule has 0 saturated carbocycles. The van der Waals surface area contributed by atoms with Crippen LogP contribution in [0, 0.1) is 0 Å². The molecule has 1 atom stereocenters. The number of nitrogens with one attached hydrogen (secondary N) is 1. The summed E-state index contributed by atoms with van der Waals surface area (Å²) >= 11 is 1.56. The second kappa shape index (κ2) is 5.58.